The van der Waals surface area contributed by atoms with Gasteiger partial charge >= 0.3 is 0 Å². The van der Waals surface area contributed by atoms with Crippen molar-refractivity contribution < 1.29 is 9.84 Å². The summed E-state index contributed by atoms with van der Waals surface area (Å²) in [4.78, 5) is 4.25. The fourth-order valence-corrected chi connectivity index (χ4v) is 1.15. The average Bonchev–Trinajstić information content (AvgIpc) is 2.27. The van der Waals surface area contributed by atoms with E-state index in [4.69, 9.17) is 4.74 Å². The van der Waals surface area contributed by atoms with Crippen molar-refractivity contribution >= 4 is 11.6 Å². The zero-order chi connectivity index (χ0) is 11.1. The van der Waals surface area contributed by atoms with E-state index in [0.29, 0.717) is 13.2 Å². The molecule has 15 heavy (non-hydrogen) atoms. The van der Waals surface area contributed by atoms with Crippen molar-refractivity contribution in [3.8, 4) is 0 Å². The van der Waals surface area contributed by atoms with Crippen molar-refractivity contribution in [1.82, 2.24) is 4.98 Å². The second-order valence-electron chi connectivity index (χ2n) is 3.15. The van der Waals surface area contributed by atoms with Crippen LogP contribution in [-0.4, -0.2) is 43.5 Å². The molecule has 5 heteroatoms. The van der Waals surface area contributed by atoms with Crippen LogP contribution < -0.4 is 10.6 Å². The molecule has 0 radical (unpaired) electrons. The van der Waals surface area contributed by atoms with E-state index in [-0.39, 0.29) is 0 Å². The second kappa shape index (κ2) is 6.21. The Bertz CT molecular complexity index is 294. The number of pyridine rings is 1. The third kappa shape index (κ3) is 4.14. The smallest absolute Gasteiger partial charge is 0.128 e. The van der Waals surface area contributed by atoms with E-state index in [0.717, 1.165) is 11.6 Å². The Kier molecular flexibility index (Phi) is 4.86. The number of aliphatic hydroxyl groups excluding tert-OH is 1. The molecular weight excluding hydrogens is 194 g/mol. The number of ether oxygens (including phenoxy) is 1. The number of rotatable bonds is 6. The first-order valence-corrected chi connectivity index (χ1v) is 4.82. The Balaban J connectivity index is 2.43. The maximum absolute atomic E-state index is 9.41. The lowest BCUT2D eigenvalue weighted by molar-refractivity contribution is 0.0727. The molecule has 0 bridgehead atoms. The van der Waals surface area contributed by atoms with E-state index in [1.807, 2.05) is 25.2 Å². The first-order valence-electron chi connectivity index (χ1n) is 4.82. The van der Waals surface area contributed by atoms with Crippen LogP contribution in [0.25, 0.3) is 0 Å². The molecule has 0 saturated heterocycles. The molecule has 1 unspecified atom stereocenters. The van der Waals surface area contributed by atoms with Gasteiger partial charge in [0.25, 0.3) is 0 Å². The Morgan fingerprint density at radius 2 is 2.20 bits per heavy atom. The van der Waals surface area contributed by atoms with Gasteiger partial charge in [-0.1, -0.05) is 6.07 Å². The predicted molar refractivity (Wildman–Crippen MR) is 60.2 cm³/mol. The molecule has 3 N–H and O–H groups in total. The highest BCUT2D eigenvalue weighted by Gasteiger charge is 2.03. The molecule has 0 aliphatic carbocycles. The summed E-state index contributed by atoms with van der Waals surface area (Å²) in [5.41, 5.74) is 0. The molecule has 0 fully saturated rings. The van der Waals surface area contributed by atoms with Crippen molar-refractivity contribution in [1.29, 1.82) is 0 Å². The fraction of sp³-hybridized carbons (Fsp3) is 0.500. The van der Waals surface area contributed by atoms with Crippen LogP contribution in [0, 0.1) is 0 Å². The zero-order valence-corrected chi connectivity index (χ0v) is 9.03. The van der Waals surface area contributed by atoms with Gasteiger partial charge in [0.15, 0.2) is 0 Å². The number of hydrogen-bond donors (Lipinski definition) is 3. The Hall–Kier alpha value is -1.33. The monoisotopic (exact) mass is 211 g/mol. The lowest BCUT2D eigenvalue weighted by atomic mass is 10.3. The van der Waals surface area contributed by atoms with Crippen molar-refractivity contribution in [2.24, 2.45) is 0 Å². The largest absolute Gasteiger partial charge is 0.389 e. The highest BCUT2D eigenvalue weighted by molar-refractivity contribution is 5.44. The number of aromatic nitrogens is 1. The molecule has 1 atom stereocenters. The van der Waals surface area contributed by atoms with Gasteiger partial charge in [0.05, 0.1) is 12.7 Å². The van der Waals surface area contributed by atoms with Crippen LogP contribution in [0.5, 0.6) is 0 Å². The molecule has 5 nitrogen and oxygen atoms in total. The molecule has 1 aromatic rings. The van der Waals surface area contributed by atoms with E-state index >= 15 is 0 Å². The molecule has 0 aromatic carbocycles. The molecule has 0 amide bonds. The van der Waals surface area contributed by atoms with Gasteiger partial charge in [-0.3, -0.25) is 0 Å². The van der Waals surface area contributed by atoms with Crippen LogP contribution in [-0.2, 0) is 4.74 Å². The Labute approximate surface area is 89.5 Å². The van der Waals surface area contributed by atoms with E-state index in [2.05, 4.69) is 15.6 Å². The third-order valence-corrected chi connectivity index (χ3v) is 1.88. The predicted octanol–water partition coefficient (Wildman–Crippen LogP) is 0.542. The zero-order valence-electron chi connectivity index (χ0n) is 9.03. The molecule has 1 rings (SSSR count). The molecule has 0 saturated carbocycles. The maximum Gasteiger partial charge on any atom is 0.128 e. The summed E-state index contributed by atoms with van der Waals surface area (Å²) in [7, 11) is 3.37. The van der Waals surface area contributed by atoms with E-state index in [1.54, 1.807) is 7.11 Å². The van der Waals surface area contributed by atoms with Gasteiger partial charge in [-0.05, 0) is 12.1 Å². The molecule has 0 aliphatic heterocycles. The van der Waals surface area contributed by atoms with Crippen LogP contribution in [0.2, 0.25) is 0 Å². The molecular formula is C10H17N3O2. The highest BCUT2D eigenvalue weighted by atomic mass is 16.5. The van der Waals surface area contributed by atoms with E-state index < -0.39 is 6.10 Å². The van der Waals surface area contributed by atoms with Crippen LogP contribution in [0.15, 0.2) is 18.2 Å². The summed E-state index contributed by atoms with van der Waals surface area (Å²) in [6.45, 7) is 0.743. The van der Waals surface area contributed by atoms with Gasteiger partial charge in [-0.2, -0.15) is 0 Å². The lowest BCUT2D eigenvalue weighted by Gasteiger charge is -2.11. The fourth-order valence-electron chi connectivity index (χ4n) is 1.15. The van der Waals surface area contributed by atoms with Crippen molar-refractivity contribution in [2.75, 3.05) is 37.9 Å². The quantitative estimate of drug-likeness (QED) is 0.641. The Morgan fingerprint density at radius 3 is 2.87 bits per heavy atom. The maximum atomic E-state index is 9.41. The van der Waals surface area contributed by atoms with Crippen molar-refractivity contribution in [3.63, 3.8) is 0 Å². The standard InChI is InChI=1S/C10H17N3O2/c1-11-9-4-3-5-10(13-9)12-6-8(14)7-15-2/h3-5,8,14H,6-7H2,1-2H3,(H2,11,12,13). The van der Waals surface area contributed by atoms with Crippen LogP contribution in [0.3, 0.4) is 0 Å². The number of methoxy groups -OCH3 is 1. The molecule has 1 heterocycles. The highest BCUT2D eigenvalue weighted by Crippen LogP contribution is 2.07. The number of anilines is 2. The normalized spacial score (nSPS) is 12.2. The third-order valence-electron chi connectivity index (χ3n) is 1.88. The minimum atomic E-state index is -0.518. The Morgan fingerprint density at radius 1 is 1.47 bits per heavy atom. The van der Waals surface area contributed by atoms with Crippen LogP contribution in [0.1, 0.15) is 0 Å². The summed E-state index contributed by atoms with van der Waals surface area (Å²) in [6.07, 6.45) is -0.518. The summed E-state index contributed by atoms with van der Waals surface area (Å²) in [6, 6.07) is 5.61. The van der Waals surface area contributed by atoms with Crippen LogP contribution in [0.4, 0.5) is 11.6 Å². The van der Waals surface area contributed by atoms with Gasteiger partial charge in [0.1, 0.15) is 11.6 Å². The summed E-state index contributed by atoms with van der Waals surface area (Å²) in [5.74, 6) is 1.53. The summed E-state index contributed by atoms with van der Waals surface area (Å²) in [5, 5.41) is 15.4. The summed E-state index contributed by atoms with van der Waals surface area (Å²) >= 11 is 0. The van der Waals surface area contributed by atoms with Crippen molar-refractivity contribution in [3.05, 3.63) is 18.2 Å². The minimum Gasteiger partial charge on any atom is -0.389 e. The first kappa shape index (κ1) is 11.7. The number of nitrogens with one attached hydrogen (secondary N) is 2. The minimum absolute atomic E-state index is 0.318. The SMILES string of the molecule is CNc1cccc(NCC(O)COC)n1. The number of nitrogens with zero attached hydrogens (tertiary/aromatic N) is 1. The summed E-state index contributed by atoms with van der Waals surface area (Å²) < 4.78 is 4.81. The van der Waals surface area contributed by atoms with E-state index in [1.165, 1.54) is 0 Å². The molecule has 84 valence electrons. The number of aliphatic hydroxyl groups is 1. The number of hydrogen-bond acceptors (Lipinski definition) is 5. The lowest BCUT2D eigenvalue weighted by Crippen LogP contribution is -2.24. The van der Waals surface area contributed by atoms with Gasteiger partial charge in [0.2, 0.25) is 0 Å². The van der Waals surface area contributed by atoms with E-state index in [9.17, 15) is 5.11 Å². The average molecular weight is 211 g/mol. The second-order valence-corrected chi connectivity index (χ2v) is 3.15. The first-order chi connectivity index (χ1) is 7.26. The van der Waals surface area contributed by atoms with Gasteiger partial charge in [0, 0.05) is 20.7 Å². The van der Waals surface area contributed by atoms with Gasteiger partial charge < -0.3 is 20.5 Å². The van der Waals surface area contributed by atoms with Gasteiger partial charge in [-0.25, -0.2) is 4.98 Å². The topological polar surface area (TPSA) is 66.4 Å². The van der Waals surface area contributed by atoms with Crippen molar-refractivity contribution in [2.45, 2.75) is 6.10 Å². The molecule has 0 aliphatic rings. The molecule has 1 aromatic heterocycles. The van der Waals surface area contributed by atoms with Gasteiger partial charge in [-0.15, -0.1) is 0 Å². The molecule has 0 spiro atoms. The van der Waals surface area contributed by atoms with Crippen LogP contribution >= 0.6 is 0 Å².